The summed E-state index contributed by atoms with van der Waals surface area (Å²) in [6.45, 7) is 1.82. The van der Waals surface area contributed by atoms with Gasteiger partial charge in [0.1, 0.15) is 6.66 Å². The first-order valence-electron chi connectivity index (χ1n) is 3.93. The molecule has 72 valence electrons. The lowest BCUT2D eigenvalue weighted by molar-refractivity contribution is 0.254. The quantitative estimate of drug-likeness (QED) is 0.701. The summed E-state index contributed by atoms with van der Waals surface area (Å²) in [4.78, 5) is 0. The van der Waals surface area contributed by atoms with Crippen LogP contribution in [0.1, 0.15) is 0 Å². The molecule has 0 amide bonds. The lowest BCUT2D eigenvalue weighted by Gasteiger charge is -2.14. The summed E-state index contributed by atoms with van der Waals surface area (Å²) in [5.74, 6) is 0.766. The minimum atomic E-state index is -2.15. The van der Waals surface area contributed by atoms with Crippen LogP contribution in [0.15, 0.2) is 30.3 Å². The first-order valence-corrected chi connectivity index (χ1v) is 5.92. The van der Waals surface area contributed by atoms with Gasteiger partial charge in [-0.1, -0.05) is 18.2 Å². The SMILES string of the molecule is CO[P+](C)(OC)Oc1ccccc1. The fourth-order valence-electron chi connectivity index (χ4n) is 0.822. The van der Waals surface area contributed by atoms with Crippen LogP contribution < -0.4 is 4.52 Å². The van der Waals surface area contributed by atoms with E-state index in [0.29, 0.717) is 0 Å². The van der Waals surface area contributed by atoms with Crippen molar-refractivity contribution in [3.63, 3.8) is 0 Å². The normalized spacial score (nSPS) is 11.3. The van der Waals surface area contributed by atoms with E-state index in [2.05, 4.69) is 0 Å². The molecule has 0 saturated heterocycles. The molecule has 0 N–H and O–H groups in total. The molecule has 3 nitrogen and oxygen atoms in total. The Labute approximate surface area is 79.2 Å². The predicted molar refractivity (Wildman–Crippen MR) is 53.9 cm³/mol. The molecule has 1 aromatic rings. The molecule has 0 heterocycles. The molecule has 0 spiro atoms. The first-order chi connectivity index (χ1) is 6.20. The predicted octanol–water partition coefficient (Wildman–Crippen LogP) is 2.75. The third-order valence-corrected chi connectivity index (χ3v) is 3.55. The monoisotopic (exact) mass is 201 g/mol. The molecule has 0 aliphatic rings. The minimum Gasteiger partial charge on any atom is -0.287 e. The van der Waals surface area contributed by atoms with E-state index < -0.39 is 7.94 Å². The highest BCUT2D eigenvalue weighted by atomic mass is 31.2. The zero-order valence-corrected chi connectivity index (χ0v) is 8.95. The Hall–Kier alpha value is -0.630. The van der Waals surface area contributed by atoms with E-state index in [1.165, 1.54) is 0 Å². The Balaban J connectivity index is 2.68. The molecule has 0 aliphatic heterocycles. The second kappa shape index (κ2) is 4.56. The van der Waals surface area contributed by atoms with Gasteiger partial charge in [0, 0.05) is 0 Å². The number of para-hydroxylation sites is 1. The van der Waals surface area contributed by atoms with Gasteiger partial charge >= 0.3 is 7.94 Å². The number of rotatable bonds is 4. The van der Waals surface area contributed by atoms with Crippen molar-refractivity contribution in [2.45, 2.75) is 0 Å². The summed E-state index contributed by atoms with van der Waals surface area (Å²) >= 11 is 0. The smallest absolute Gasteiger partial charge is 0.287 e. The zero-order chi connectivity index (χ0) is 9.73. The van der Waals surface area contributed by atoms with Crippen LogP contribution in [0, 0.1) is 0 Å². The molecule has 0 fully saturated rings. The molecule has 0 radical (unpaired) electrons. The highest BCUT2D eigenvalue weighted by Gasteiger charge is 2.36. The fraction of sp³-hybridized carbons (Fsp3) is 0.333. The topological polar surface area (TPSA) is 27.7 Å². The van der Waals surface area contributed by atoms with Gasteiger partial charge in [-0.05, 0) is 12.1 Å². The van der Waals surface area contributed by atoms with Crippen molar-refractivity contribution in [3.8, 4) is 5.75 Å². The molecule has 1 rings (SSSR count). The van der Waals surface area contributed by atoms with Gasteiger partial charge in [0.05, 0.1) is 14.2 Å². The summed E-state index contributed by atoms with van der Waals surface area (Å²) in [7, 11) is 1.01. The fourth-order valence-corrected chi connectivity index (χ4v) is 1.62. The molecule has 4 heteroatoms. The third kappa shape index (κ3) is 2.96. The van der Waals surface area contributed by atoms with Gasteiger partial charge in [-0.15, -0.1) is 0 Å². The molecule has 0 aromatic heterocycles. The van der Waals surface area contributed by atoms with Crippen LogP contribution in [0.2, 0.25) is 0 Å². The highest BCUT2D eigenvalue weighted by Crippen LogP contribution is 2.56. The molecule has 1 aromatic carbocycles. The number of benzene rings is 1. The van der Waals surface area contributed by atoms with Crippen molar-refractivity contribution in [2.75, 3.05) is 20.9 Å². The lowest BCUT2D eigenvalue weighted by atomic mass is 10.3. The molecule has 0 atom stereocenters. The summed E-state index contributed by atoms with van der Waals surface area (Å²) in [5.41, 5.74) is 0. The molecule has 0 unspecified atom stereocenters. The molecular weight excluding hydrogens is 187 g/mol. The van der Waals surface area contributed by atoms with Crippen LogP contribution in [0.4, 0.5) is 0 Å². The summed E-state index contributed by atoms with van der Waals surface area (Å²) in [6.07, 6.45) is 0. The maximum absolute atomic E-state index is 5.57. The maximum atomic E-state index is 5.57. The van der Waals surface area contributed by atoms with E-state index in [4.69, 9.17) is 13.6 Å². The van der Waals surface area contributed by atoms with Crippen molar-refractivity contribution in [1.29, 1.82) is 0 Å². The van der Waals surface area contributed by atoms with Gasteiger partial charge in [0.2, 0.25) is 0 Å². The number of hydrogen-bond acceptors (Lipinski definition) is 3. The highest BCUT2D eigenvalue weighted by molar-refractivity contribution is 7.61. The van der Waals surface area contributed by atoms with Crippen molar-refractivity contribution in [2.24, 2.45) is 0 Å². The van der Waals surface area contributed by atoms with Crippen molar-refractivity contribution >= 4 is 7.94 Å². The van der Waals surface area contributed by atoms with Crippen LogP contribution in [0.3, 0.4) is 0 Å². The van der Waals surface area contributed by atoms with Gasteiger partial charge in [0.25, 0.3) is 0 Å². The molecule has 0 aliphatic carbocycles. The van der Waals surface area contributed by atoms with Crippen LogP contribution >= 0.6 is 7.94 Å². The Morgan fingerprint density at radius 1 is 1.00 bits per heavy atom. The van der Waals surface area contributed by atoms with E-state index >= 15 is 0 Å². The van der Waals surface area contributed by atoms with Crippen molar-refractivity contribution in [1.82, 2.24) is 0 Å². The first kappa shape index (κ1) is 10.5. The van der Waals surface area contributed by atoms with Gasteiger partial charge in [-0.25, -0.2) is 0 Å². The van der Waals surface area contributed by atoms with E-state index in [9.17, 15) is 0 Å². The van der Waals surface area contributed by atoms with Crippen LogP contribution in [-0.2, 0) is 9.05 Å². The summed E-state index contributed by atoms with van der Waals surface area (Å²) < 4.78 is 15.9. The van der Waals surface area contributed by atoms with Crippen LogP contribution in [-0.4, -0.2) is 20.9 Å². The summed E-state index contributed by atoms with van der Waals surface area (Å²) in [5, 5.41) is 0. The zero-order valence-electron chi connectivity index (χ0n) is 8.06. The third-order valence-electron chi connectivity index (χ3n) is 1.68. The van der Waals surface area contributed by atoms with Crippen LogP contribution in [0.5, 0.6) is 5.75 Å². The average Bonchev–Trinajstić information content (AvgIpc) is 2.19. The standard InChI is InChI=1S/C9H14O3P/c1-10-13(3,11-2)12-9-7-5-4-6-8-9/h4-8H,1-3H3/q+1. The van der Waals surface area contributed by atoms with E-state index in [1.54, 1.807) is 14.2 Å². The Morgan fingerprint density at radius 2 is 1.54 bits per heavy atom. The Kier molecular flexibility index (Phi) is 3.67. The van der Waals surface area contributed by atoms with Gasteiger partial charge in [-0.3, -0.25) is 4.52 Å². The van der Waals surface area contributed by atoms with E-state index in [0.717, 1.165) is 5.75 Å². The lowest BCUT2D eigenvalue weighted by Crippen LogP contribution is -2.03. The second-order valence-electron chi connectivity index (χ2n) is 2.54. The molecule has 13 heavy (non-hydrogen) atoms. The molecule has 0 bridgehead atoms. The van der Waals surface area contributed by atoms with Gasteiger partial charge < -0.3 is 0 Å². The Morgan fingerprint density at radius 3 is 2.00 bits per heavy atom. The Bertz CT molecular complexity index is 246. The molecule has 0 saturated carbocycles. The largest absolute Gasteiger partial charge is 0.453 e. The maximum Gasteiger partial charge on any atom is 0.453 e. The van der Waals surface area contributed by atoms with Gasteiger partial charge in [0.15, 0.2) is 5.75 Å². The number of hydrogen-bond donors (Lipinski definition) is 0. The molecular formula is C9H14O3P+. The average molecular weight is 201 g/mol. The summed E-state index contributed by atoms with van der Waals surface area (Å²) in [6, 6.07) is 9.49. The van der Waals surface area contributed by atoms with Crippen molar-refractivity contribution in [3.05, 3.63) is 30.3 Å². The van der Waals surface area contributed by atoms with Crippen LogP contribution in [0.25, 0.3) is 0 Å². The minimum absolute atomic E-state index is 0.766. The van der Waals surface area contributed by atoms with E-state index in [-0.39, 0.29) is 0 Å². The van der Waals surface area contributed by atoms with E-state index in [1.807, 2.05) is 37.0 Å². The second-order valence-corrected chi connectivity index (χ2v) is 5.00. The van der Waals surface area contributed by atoms with Gasteiger partial charge in [-0.2, -0.15) is 9.05 Å². The van der Waals surface area contributed by atoms with Crippen molar-refractivity contribution < 1.29 is 13.6 Å².